The standard InChI is InChI=1S/C20H22N2O2/c1-13-16-10-9-14-6-2-3-8-17(14)19(16)24-18(13)20(23)22-11-5-4-7-15(22)12-21/h2-3,6,8-10,15H,4-5,7,11-12,21H2,1H3. The fourth-order valence-corrected chi connectivity index (χ4v) is 3.80. The molecule has 2 N–H and O–H groups in total. The first-order valence-electron chi connectivity index (χ1n) is 8.62. The van der Waals surface area contributed by atoms with Crippen molar-refractivity contribution >= 4 is 27.6 Å². The normalized spacial score (nSPS) is 18.4. The lowest BCUT2D eigenvalue weighted by atomic mass is 10.0. The highest BCUT2D eigenvalue weighted by atomic mass is 16.3. The van der Waals surface area contributed by atoms with E-state index in [1.165, 1.54) is 0 Å². The second kappa shape index (κ2) is 5.95. The second-order valence-corrected chi connectivity index (χ2v) is 6.60. The third-order valence-corrected chi connectivity index (χ3v) is 5.18. The summed E-state index contributed by atoms with van der Waals surface area (Å²) in [7, 11) is 0. The van der Waals surface area contributed by atoms with E-state index in [-0.39, 0.29) is 11.9 Å². The number of fused-ring (bicyclic) bond motifs is 3. The number of aryl methyl sites for hydroxylation is 1. The second-order valence-electron chi connectivity index (χ2n) is 6.60. The largest absolute Gasteiger partial charge is 0.450 e. The molecule has 0 aliphatic carbocycles. The summed E-state index contributed by atoms with van der Waals surface area (Å²) in [6.07, 6.45) is 3.14. The number of hydrogen-bond acceptors (Lipinski definition) is 3. The Kier molecular flexibility index (Phi) is 3.77. The SMILES string of the molecule is Cc1c(C(=O)N2CCCCC2CN)oc2c1ccc1ccccc12. The number of piperidine rings is 1. The summed E-state index contributed by atoms with van der Waals surface area (Å²) in [4.78, 5) is 15.0. The molecule has 124 valence electrons. The number of carbonyl (C=O) groups excluding carboxylic acids is 1. The van der Waals surface area contributed by atoms with Gasteiger partial charge in [-0.15, -0.1) is 0 Å². The first-order valence-corrected chi connectivity index (χ1v) is 8.62. The van der Waals surface area contributed by atoms with Gasteiger partial charge in [0.1, 0.15) is 5.58 Å². The molecule has 24 heavy (non-hydrogen) atoms. The van der Waals surface area contributed by atoms with Gasteiger partial charge in [-0.05, 0) is 31.6 Å². The molecule has 1 fully saturated rings. The van der Waals surface area contributed by atoms with Crippen molar-refractivity contribution in [3.63, 3.8) is 0 Å². The number of hydrogen-bond donors (Lipinski definition) is 1. The highest BCUT2D eigenvalue weighted by molar-refractivity contribution is 6.08. The average molecular weight is 322 g/mol. The van der Waals surface area contributed by atoms with E-state index in [2.05, 4.69) is 12.1 Å². The molecule has 1 aromatic heterocycles. The number of benzene rings is 2. The number of nitrogens with zero attached hydrogens (tertiary/aromatic N) is 1. The zero-order valence-corrected chi connectivity index (χ0v) is 13.9. The number of nitrogens with two attached hydrogens (primary N) is 1. The van der Waals surface area contributed by atoms with Gasteiger partial charge in [-0.1, -0.05) is 36.4 Å². The van der Waals surface area contributed by atoms with Gasteiger partial charge in [0.15, 0.2) is 5.76 Å². The van der Waals surface area contributed by atoms with E-state index in [0.717, 1.165) is 53.1 Å². The highest BCUT2D eigenvalue weighted by Gasteiger charge is 2.30. The van der Waals surface area contributed by atoms with Gasteiger partial charge in [-0.2, -0.15) is 0 Å². The van der Waals surface area contributed by atoms with Crippen LogP contribution >= 0.6 is 0 Å². The molecule has 1 amide bonds. The first-order chi connectivity index (χ1) is 11.7. The zero-order valence-electron chi connectivity index (χ0n) is 13.9. The van der Waals surface area contributed by atoms with Crippen LogP contribution in [-0.2, 0) is 0 Å². The van der Waals surface area contributed by atoms with Crippen molar-refractivity contribution in [1.29, 1.82) is 0 Å². The van der Waals surface area contributed by atoms with Gasteiger partial charge in [-0.3, -0.25) is 4.79 Å². The lowest BCUT2D eigenvalue weighted by Gasteiger charge is -2.34. The summed E-state index contributed by atoms with van der Waals surface area (Å²) in [5, 5.41) is 3.18. The van der Waals surface area contributed by atoms with Gasteiger partial charge >= 0.3 is 0 Å². The third kappa shape index (κ3) is 2.29. The molecule has 4 nitrogen and oxygen atoms in total. The van der Waals surface area contributed by atoms with Gasteiger partial charge in [0.05, 0.1) is 0 Å². The number of rotatable bonds is 2. The van der Waals surface area contributed by atoms with E-state index in [1.807, 2.05) is 36.1 Å². The topological polar surface area (TPSA) is 59.5 Å². The Morgan fingerprint density at radius 3 is 2.88 bits per heavy atom. The van der Waals surface area contributed by atoms with E-state index in [0.29, 0.717) is 12.3 Å². The van der Waals surface area contributed by atoms with Crippen molar-refractivity contribution in [2.75, 3.05) is 13.1 Å². The lowest BCUT2D eigenvalue weighted by Crippen LogP contribution is -2.47. The molecule has 1 saturated heterocycles. The smallest absolute Gasteiger partial charge is 0.290 e. The van der Waals surface area contributed by atoms with Crippen LogP contribution in [0.15, 0.2) is 40.8 Å². The molecular formula is C20H22N2O2. The van der Waals surface area contributed by atoms with Crippen LogP contribution < -0.4 is 5.73 Å². The molecule has 2 aromatic carbocycles. The fourth-order valence-electron chi connectivity index (χ4n) is 3.80. The van der Waals surface area contributed by atoms with E-state index < -0.39 is 0 Å². The minimum absolute atomic E-state index is 0.0251. The van der Waals surface area contributed by atoms with Crippen molar-refractivity contribution in [2.24, 2.45) is 5.73 Å². The van der Waals surface area contributed by atoms with Crippen LogP contribution in [-0.4, -0.2) is 29.9 Å². The van der Waals surface area contributed by atoms with Crippen molar-refractivity contribution in [3.8, 4) is 0 Å². The molecular weight excluding hydrogens is 300 g/mol. The zero-order chi connectivity index (χ0) is 16.7. The predicted octanol–water partition coefficient (Wildman–Crippen LogP) is 3.85. The average Bonchev–Trinajstić information content (AvgIpc) is 2.98. The molecule has 0 bridgehead atoms. The van der Waals surface area contributed by atoms with Gasteiger partial charge in [-0.25, -0.2) is 0 Å². The van der Waals surface area contributed by atoms with Crippen molar-refractivity contribution in [3.05, 3.63) is 47.7 Å². The van der Waals surface area contributed by atoms with Gasteiger partial charge < -0.3 is 15.1 Å². The number of carbonyl (C=O) groups is 1. The Labute approximate surface area is 141 Å². The molecule has 1 unspecified atom stereocenters. The minimum atomic E-state index is -0.0251. The van der Waals surface area contributed by atoms with Gasteiger partial charge in [0, 0.05) is 35.5 Å². The molecule has 1 aliphatic heterocycles. The lowest BCUT2D eigenvalue weighted by molar-refractivity contribution is 0.0592. The molecule has 4 heteroatoms. The summed E-state index contributed by atoms with van der Waals surface area (Å²) in [5.74, 6) is 0.435. The first kappa shape index (κ1) is 15.2. The molecule has 3 aromatic rings. The van der Waals surface area contributed by atoms with E-state index in [9.17, 15) is 4.79 Å². The van der Waals surface area contributed by atoms with E-state index in [4.69, 9.17) is 10.2 Å². The number of amides is 1. The van der Waals surface area contributed by atoms with Crippen molar-refractivity contribution < 1.29 is 9.21 Å². The fraction of sp³-hybridized carbons (Fsp3) is 0.350. The summed E-state index contributed by atoms with van der Waals surface area (Å²) in [5.41, 5.74) is 7.59. The maximum absolute atomic E-state index is 13.1. The number of likely N-dealkylation sites (tertiary alicyclic amines) is 1. The molecule has 0 spiro atoms. The molecule has 1 atom stereocenters. The Balaban J connectivity index is 1.83. The van der Waals surface area contributed by atoms with Crippen molar-refractivity contribution in [1.82, 2.24) is 4.90 Å². The Bertz CT molecular complexity index is 913. The van der Waals surface area contributed by atoms with E-state index >= 15 is 0 Å². The Morgan fingerprint density at radius 1 is 1.21 bits per heavy atom. The van der Waals surface area contributed by atoms with Crippen LogP contribution in [0.25, 0.3) is 21.7 Å². The Morgan fingerprint density at radius 2 is 2.04 bits per heavy atom. The van der Waals surface area contributed by atoms with Crippen LogP contribution in [0.4, 0.5) is 0 Å². The summed E-state index contributed by atoms with van der Waals surface area (Å²) in [6.45, 7) is 3.24. The Hall–Kier alpha value is -2.33. The quantitative estimate of drug-likeness (QED) is 0.779. The molecule has 2 heterocycles. The maximum Gasteiger partial charge on any atom is 0.290 e. The summed E-state index contributed by atoms with van der Waals surface area (Å²) >= 11 is 0. The molecule has 1 aliphatic rings. The van der Waals surface area contributed by atoms with Gasteiger partial charge in [0.25, 0.3) is 5.91 Å². The molecule has 0 saturated carbocycles. The van der Waals surface area contributed by atoms with Crippen molar-refractivity contribution in [2.45, 2.75) is 32.2 Å². The molecule has 4 rings (SSSR count). The van der Waals surface area contributed by atoms with Gasteiger partial charge in [0.2, 0.25) is 0 Å². The summed E-state index contributed by atoms with van der Waals surface area (Å²) < 4.78 is 6.09. The van der Waals surface area contributed by atoms with E-state index in [1.54, 1.807) is 0 Å². The van der Waals surface area contributed by atoms with Crippen LogP contribution in [0.1, 0.15) is 35.4 Å². The highest BCUT2D eigenvalue weighted by Crippen LogP contribution is 2.33. The monoisotopic (exact) mass is 322 g/mol. The predicted molar refractivity (Wildman–Crippen MR) is 96.2 cm³/mol. The van der Waals surface area contributed by atoms with Crippen LogP contribution in [0, 0.1) is 6.92 Å². The van der Waals surface area contributed by atoms with Crippen LogP contribution in [0.3, 0.4) is 0 Å². The van der Waals surface area contributed by atoms with Crippen LogP contribution in [0.5, 0.6) is 0 Å². The summed E-state index contributed by atoms with van der Waals surface area (Å²) in [6, 6.07) is 12.4. The third-order valence-electron chi connectivity index (χ3n) is 5.18. The molecule has 0 radical (unpaired) electrons. The van der Waals surface area contributed by atoms with Crippen LogP contribution in [0.2, 0.25) is 0 Å². The minimum Gasteiger partial charge on any atom is -0.450 e. The number of furan rings is 1. The maximum atomic E-state index is 13.1.